The monoisotopic (exact) mass is 471 g/mol. The molecular weight excluding hydrogens is 445 g/mol. The van der Waals surface area contributed by atoms with Crippen LogP contribution in [0.5, 0.6) is 0 Å². The number of ether oxygens (including phenoxy) is 1. The van der Waals surface area contributed by atoms with Gasteiger partial charge in [-0.15, -0.1) is 0 Å². The number of hydrogen-bond donors (Lipinski definition) is 0. The van der Waals surface area contributed by atoms with Crippen molar-refractivity contribution in [3.8, 4) is 0 Å². The van der Waals surface area contributed by atoms with Crippen LogP contribution in [0.1, 0.15) is 42.9 Å². The molecule has 1 aliphatic carbocycles. The Bertz CT molecular complexity index is 1040. The highest BCUT2D eigenvalue weighted by atomic mass is 35.5. The third kappa shape index (κ3) is 5.25. The van der Waals surface area contributed by atoms with Crippen molar-refractivity contribution >= 4 is 29.1 Å². The zero-order valence-electron chi connectivity index (χ0n) is 18.5. The number of nitrogens with zero attached hydrogens (tertiary/aromatic N) is 3. The Morgan fingerprint density at radius 3 is 2.55 bits per heavy atom. The molecule has 0 aromatic heterocycles. The van der Waals surface area contributed by atoms with Crippen LogP contribution in [0.15, 0.2) is 53.6 Å². The molecule has 0 unspecified atom stereocenters. The third-order valence-corrected chi connectivity index (χ3v) is 6.59. The maximum absolute atomic E-state index is 13.5. The SMILES string of the molecule is COCCN(CC(=O)N1N=C(c2ccccc2Cl)C[C@@H]1c1ccc(F)cc1)C(=O)C1CCC1. The first-order valence-corrected chi connectivity index (χ1v) is 11.5. The van der Waals surface area contributed by atoms with Crippen LogP contribution in [0.25, 0.3) is 0 Å². The van der Waals surface area contributed by atoms with Crippen molar-refractivity contribution in [2.75, 3.05) is 26.8 Å². The minimum atomic E-state index is -0.410. The van der Waals surface area contributed by atoms with E-state index in [1.807, 2.05) is 18.2 Å². The zero-order valence-corrected chi connectivity index (χ0v) is 19.3. The molecule has 1 fully saturated rings. The summed E-state index contributed by atoms with van der Waals surface area (Å²) in [6.07, 6.45) is 3.18. The fraction of sp³-hybridized carbons (Fsp3) is 0.400. The van der Waals surface area contributed by atoms with Crippen LogP contribution in [0.3, 0.4) is 0 Å². The van der Waals surface area contributed by atoms with E-state index in [0.717, 1.165) is 30.4 Å². The molecule has 1 aliphatic heterocycles. The van der Waals surface area contributed by atoms with E-state index in [1.165, 1.54) is 17.1 Å². The second-order valence-corrected chi connectivity index (χ2v) is 8.82. The van der Waals surface area contributed by atoms with Crippen LogP contribution >= 0.6 is 11.6 Å². The zero-order chi connectivity index (χ0) is 23.4. The molecule has 1 heterocycles. The van der Waals surface area contributed by atoms with Crippen molar-refractivity contribution in [2.24, 2.45) is 11.0 Å². The Kier molecular flexibility index (Phi) is 7.40. The third-order valence-electron chi connectivity index (χ3n) is 6.26. The van der Waals surface area contributed by atoms with Gasteiger partial charge in [0.25, 0.3) is 5.91 Å². The lowest BCUT2D eigenvalue weighted by Crippen LogP contribution is -2.46. The van der Waals surface area contributed by atoms with Crippen LogP contribution in [-0.2, 0) is 14.3 Å². The predicted octanol–water partition coefficient (Wildman–Crippen LogP) is 4.43. The second-order valence-electron chi connectivity index (χ2n) is 8.42. The first kappa shape index (κ1) is 23.4. The van der Waals surface area contributed by atoms with Crippen molar-refractivity contribution in [1.82, 2.24) is 9.91 Å². The molecule has 1 atom stereocenters. The topological polar surface area (TPSA) is 62.2 Å². The Balaban J connectivity index is 1.60. The van der Waals surface area contributed by atoms with E-state index in [-0.39, 0.29) is 30.1 Å². The van der Waals surface area contributed by atoms with Gasteiger partial charge in [0.1, 0.15) is 12.4 Å². The smallest absolute Gasteiger partial charge is 0.262 e. The number of benzene rings is 2. The molecule has 2 aliphatic rings. The number of halogens is 2. The van der Waals surface area contributed by atoms with Gasteiger partial charge in [-0.3, -0.25) is 9.59 Å². The molecule has 0 saturated heterocycles. The molecule has 0 radical (unpaired) electrons. The molecule has 2 amide bonds. The number of hydrogen-bond acceptors (Lipinski definition) is 4. The molecular formula is C25H27ClFN3O3. The van der Waals surface area contributed by atoms with Crippen molar-refractivity contribution in [2.45, 2.75) is 31.7 Å². The van der Waals surface area contributed by atoms with Gasteiger partial charge in [0.2, 0.25) is 5.91 Å². The largest absolute Gasteiger partial charge is 0.383 e. The summed E-state index contributed by atoms with van der Waals surface area (Å²) in [4.78, 5) is 27.9. The lowest BCUT2D eigenvalue weighted by Gasteiger charge is -2.32. The fourth-order valence-electron chi connectivity index (χ4n) is 4.16. The van der Waals surface area contributed by atoms with Crippen molar-refractivity contribution in [1.29, 1.82) is 0 Å². The summed E-state index contributed by atoms with van der Waals surface area (Å²) in [6, 6.07) is 13.0. The summed E-state index contributed by atoms with van der Waals surface area (Å²) >= 11 is 6.39. The maximum atomic E-state index is 13.5. The van der Waals surface area contributed by atoms with Gasteiger partial charge in [-0.25, -0.2) is 9.40 Å². The van der Waals surface area contributed by atoms with E-state index in [1.54, 1.807) is 30.2 Å². The van der Waals surface area contributed by atoms with E-state index in [9.17, 15) is 14.0 Å². The van der Waals surface area contributed by atoms with E-state index < -0.39 is 6.04 Å². The molecule has 174 valence electrons. The van der Waals surface area contributed by atoms with Crippen LogP contribution in [-0.4, -0.2) is 54.2 Å². The maximum Gasteiger partial charge on any atom is 0.262 e. The average Bonchev–Trinajstić information content (AvgIpc) is 3.21. The second kappa shape index (κ2) is 10.4. The van der Waals surface area contributed by atoms with Gasteiger partial charge in [0, 0.05) is 36.6 Å². The van der Waals surface area contributed by atoms with Crippen molar-refractivity contribution in [3.63, 3.8) is 0 Å². The number of carbonyl (C=O) groups excluding carboxylic acids is 2. The van der Waals surface area contributed by atoms with Crippen LogP contribution in [0.2, 0.25) is 5.02 Å². The van der Waals surface area contributed by atoms with E-state index in [0.29, 0.717) is 30.3 Å². The quantitative estimate of drug-likeness (QED) is 0.572. The number of carbonyl (C=O) groups is 2. The van der Waals surface area contributed by atoms with Crippen molar-refractivity contribution in [3.05, 3.63) is 70.5 Å². The Morgan fingerprint density at radius 1 is 1.18 bits per heavy atom. The molecule has 8 heteroatoms. The Morgan fingerprint density at radius 2 is 1.91 bits per heavy atom. The first-order chi connectivity index (χ1) is 16.0. The van der Waals surface area contributed by atoms with Gasteiger partial charge in [-0.05, 0) is 36.6 Å². The van der Waals surface area contributed by atoms with E-state index >= 15 is 0 Å². The standard InChI is InChI=1S/C25H27ClFN3O3/c1-33-14-13-29(25(32)18-5-4-6-18)16-24(31)30-23(17-9-11-19(27)12-10-17)15-22(28-30)20-7-2-3-8-21(20)26/h2-3,7-12,18,23H,4-6,13-16H2,1H3/t23-/m1/s1. The molecule has 2 aromatic carbocycles. The summed E-state index contributed by atoms with van der Waals surface area (Å²) in [6.45, 7) is 0.602. The van der Waals surface area contributed by atoms with Gasteiger partial charge in [0.05, 0.1) is 18.4 Å². The van der Waals surface area contributed by atoms with Crippen molar-refractivity contribution < 1.29 is 18.7 Å². The molecule has 33 heavy (non-hydrogen) atoms. The summed E-state index contributed by atoms with van der Waals surface area (Å²) in [5.41, 5.74) is 2.20. The lowest BCUT2D eigenvalue weighted by molar-refractivity contribution is -0.146. The Labute approximate surface area is 198 Å². The molecule has 1 saturated carbocycles. The highest BCUT2D eigenvalue weighted by Crippen LogP contribution is 2.35. The first-order valence-electron chi connectivity index (χ1n) is 11.2. The van der Waals surface area contributed by atoms with Gasteiger partial charge in [0.15, 0.2) is 0 Å². The number of rotatable bonds is 8. The summed E-state index contributed by atoms with van der Waals surface area (Å²) < 4.78 is 18.7. The van der Waals surface area contributed by atoms with Gasteiger partial charge in [-0.2, -0.15) is 5.10 Å². The molecule has 6 nitrogen and oxygen atoms in total. The minimum absolute atomic E-state index is 0.0144. The van der Waals surface area contributed by atoms with Crippen LogP contribution < -0.4 is 0 Å². The van der Waals surface area contributed by atoms with E-state index in [4.69, 9.17) is 16.3 Å². The summed E-state index contributed by atoms with van der Waals surface area (Å²) in [5.74, 6) is -0.684. The Hall–Kier alpha value is -2.77. The molecule has 0 spiro atoms. The van der Waals surface area contributed by atoms with Gasteiger partial charge in [-0.1, -0.05) is 48.4 Å². The van der Waals surface area contributed by atoms with Crippen LogP contribution in [0, 0.1) is 11.7 Å². The van der Waals surface area contributed by atoms with Crippen LogP contribution in [0.4, 0.5) is 4.39 Å². The molecule has 2 aromatic rings. The van der Waals surface area contributed by atoms with Gasteiger partial charge < -0.3 is 9.64 Å². The average molecular weight is 472 g/mol. The molecule has 0 N–H and O–H groups in total. The lowest BCUT2D eigenvalue weighted by atomic mass is 9.84. The number of methoxy groups -OCH3 is 1. The molecule has 0 bridgehead atoms. The summed E-state index contributed by atoms with van der Waals surface area (Å²) in [7, 11) is 1.57. The minimum Gasteiger partial charge on any atom is -0.383 e. The normalized spacial score (nSPS) is 18.1. The predicted molar refractivity (Wildman–Crippen MR) is 124 cm³/mol. The van der Waals surface area contributed by atoms with Gasteiger partial charge >= 0.3 is 0 Å². The van der Waals surface area contributed by atoms with E-state index in [2.05, 4.69) is 5.10 Å². The number of hydrazone groups is 1. The fourth-order valence-corrected chi connectivity index (χ4v) is 4.41. The summed E-state index contributed by atoms with van der Waals surface area (Å²) in [5, 5.41) is 6.59. The highest BCUT2D eigenvalue weighted by Gasteiger charge is 2.36. The molecule has 4 rings (SSSR count). The number of amides is 2. The highest BCUT2D eigenvalue weighted by molar-refractivity contribution is 6.34.